The summed E-state index contributed by atoms with van der Waals surface area (Å²) in [5.41, 5.74) is 7.30. The molecule has 3 N–H and O–H groups in total. The SMILES string of the molecule is CCN1CCCC1CNC(N)=NCC(c1cccnc1)C(C)C.I. The number of nitrogens with two attached hydrogens (primary N) is 1. The van der Waals surface area contributed by atoms with Gasteiger partial charge in [-0.25, -0.2) is 0 Å². The Hall–Kier alpha value is -0.890. The molecule has 0 aromatic carbocycles. The van der Waals surface area contributed by atoms with Gasteiger partial charge in [-0.15, -0.1) is 24.0 Å². The van der Waals surface area contributed by atoms with Gasteiger partial charge in [-0.1, -0.05) is 26.8 Å². The van der Waals surface area contributed by atoms with E-state index in [0.29, 0.717) is 30.4 Å². The lowest BCUT2D eigenvalue weighted by molar-refractivity contribution is 0.267. The second-order valence-electron chi connectivity index (χ2n) is 6.67. The first-order valence-electron chi connectivity index (χ1n) is 8.79. The number of likely N-dealkylation sites (N-methyl/N-ethyl adjacent to an activating group) is 1. The fourth-order valence-electron chi connectivity index (χ4n) is 3.31. The van der Waals surface area contributed by atoms with Gasteiger partial charge < -0.3 is 11.1 Å². The number of aromatic nitrogens is 1. The highest BCUT2D eigenvalue weighted by Gasteiger charge is 2.22. The van der Waals surface area contributed by atoms with Crippen LogP contribution in [0.5, 0.6) is 0 Å². The van der Waals surface area contributed by atoms with Crippen molar-refractivity contribution in [1.29, 1.82) is 0 Å². The predicted octanol–water partition coefficient (Wildman–Crippen LogP) is 2.83. The number of nitrogens with one attached hydrogen (secondary N) is 1. The van der Waals surface area contributed by atoms with Gasteiger partial charge in [0.1, 0.15) is 0 Å². The third kappa shape index (κ3) is 6.20. The molecule has 0 aliphatic carbocycles. The molecule has 24 heavy (non-hydrogen) atoms. The summed E-state index contributed by atoms with van der Waals surface area (Å²) in [6, 6.07) is 4.69. The monoisotopic (exact) mass is 445 g/mol. The van der Waals surface area contributed by atoms with Crippen LogP contribution >= 0.6 is 24.0 Å². The summed E-state index contributed by atoms with van der Waals surface area (Å²) in [5, 5.41) is 3.31. The van der Waals surface area contributed by atoms with E-state index < -0.39 is 0 Å². The third-order valence-corrected chi connectivity index (χ3v) is 4.80. The highest BCUT2D eigenvalue weighted by atomic mass is 127. The molecular weight excluding hydrogens is 413 g/mol. The van der Waals surface area contributed by atoms with Crippen molar-refractivity contribution in [3.63, 3.8) is 0 Å². The Morgan fingerprint density at radius 2 is 2.29 bits per heavy atom. The second-order valence-corrected chi connectivity index (χ2v) is 6.67. The largest absolute Gasteiger partial charge is 0.370 e. The Labute approximate surface area is 163 Å². The second kappa shape index (κ2) is 10.9. The van der Waals surface area contributed by atoms with E-state index in [1.807, 2.05) is 12.3 Å². The van der Waals surface area contributed by atoms with E-state index >= 15 is 0 Å². The van der Waals surface area contributed by atoms with E-state index in [-0.39, 0.29) is 24.0 Å². The van der Waals surface area contributed by atoms with Gasteiger partial charge in [-0.05, 0) is 43.5 Å². The van der Waals surface area contributed by atoms with Crippen LogP contribution in [0.2, 0.25) is 0 Å². The van der Waals surface area contributed by atoms with Crippen LogP contribution in [0.15, 0.2) is 29.5 Å². The first-order valence-corrected chi connectivity index (χ1v) is 8.79. The summed E-state index contributed by atoms with van der Waals surface area (Å²) < 4.78 is 0. The summed E-state index contributed by atoms with van der Waals surface area (Å²) >= 11 is 0. The first kappa shape index (κ1) is 21.2. The Bertz CT molecular complexity index is 491. The van der Waals surface area contributed by atoms with Crippen LogP contribution in [0.25, 0.3) is 0 Å². The van der Waals surface area contributed by atoms with E-state index in [1.54, 1.807) is 6.20 Å². The van der Waals surface area contributed by atoms with Gasteiger partial charge in [0.05, 0.1) is 0 Å². The van der Waals surface area contributed by atoms with E-state index in [4.69, 9.17) is 5.73 Å². The Morgan fingerprint density at radius 1 is 1.50 bits per heavy atom. The lowest BCUT2D eigenvalue weighted by atomic mass is 9.89. The molecule has 2 unspecified atom stereocenters. The Balaban J connectivity index is 0.00000288. The zero-order chi connectivity index (χ0) is 16.7. The van der Waals surface area contributed by atoms with Gasteiger partial charge in [-0.3, -0.25) is 14.9 Å². The minimum Gasteiger partial charge on any atom is -0.370 e. The average molecular weight is 445 g/mol. The number of hydrogen-bond acceptors (Lipinski definition) is 3. The quantitative estimate of drug-likeness (QED) is 0.385. The highest BCUT2D eigenvalue weighted by Crippen LogP contribution is 2.23. The van der Waals surface area contributed by atoms with Gasteiger partial charge in [0.2, 0.25) is 0 Å². The van der Waals surface area contributed by atoms with Crippen molar-refractivity contribution in [3.8, 4) is 0 Å². The van der Waals surface area contributed by atoms with Gasteiger partial charge in [0, 0.05) is 37.4 Å². The van der Waals surface area contributed by atoms with Crippen molar-refractivity contribution in [2.24, 2.45) is 16.6 Å². The molecule has 1 aliphatic heterocycles. The van der Waals surface area contributed by atoms with E-state index in [0.717, 1.165) is 13.1 Å². The van der Waals surface area contributed by atoms with Crippen LogP contribution in [0.1, 0.15) is 45.1 Å². The minimum absolute atomic E-state index is 0. The topological polar surface area (TPSA) is 66.5 Å². The molecule has 6 heteroatoms. The summed E-state index contributed by atoms with van der Waals surface area (Å²) in [4.78, 5) is 11.3. The van der Waals surface area contributed by atoms with Crippen LogP contribution < -0.4 is 11.1 Å². The number of nitrogens with zero attached hydrogens (tertiary/aromatic N) is 3. The van der Waals surface area contributed by atoms with E-state index in [2.05, 4.69) is 47.0 Å². The summed E-state index contributed by atoms with van der Waals surface area (Å²) in [7, 11) is 0. The van der Waals surface area contributed by atoms with Crippen LogP contribution in [-0.2, 0) is 0 Å². The zero-order valence-electron chi connectivity index (χ0n) is 15.1. The molecule has 0 radical (unpaired) electrons. The van der Waals surface area contributed by atoms with Crippen molar-refractivity contribution >= 4 is 29.9 Å². The number of pyridine rings is 1. The fourth-order valence-corrected chi connectivity index (χ4v) is 3.31. The summed E-state index contributed by atoms with van der Waals surface area (Å²) in [5.74, 6) is 1.41. The van der Waals surface area contributed by atoms with Gasteiger partial charge in [-0.2, -0.15) is 0 Å². The number of guanidine groups is 1. The molecule has 0 saturated carbocycles. The molecule has 0 amide bonds. The standard InChI is InChI=1S/C18H31N5.HI/c1-4-23-10-6-8-16(23)12-21-18(19)22-13-17(14(2)3)15-7-5-9-20-11-15;/h5,7,9,11,14,16-17H,4,6,8,10,12-13H2,1-3H3,(H3,19,21,22);1H. The lowest BCUT2D eigenvalue weighted by Crippen LogP contribution is -2.42. The maximum absolute atomic E-state index is 6.07. The van der Waals surface area contributed by atoms with Crippen molar-refractivity contribution in [1.82, 2.24) is 15.2 Å². The van der Waals surface area contributed by atoms with Crippen molar-refractivity contribution in [3.05, 3.63) is 30.1 Å². The molecule has 0 bridgehead atoms. The third-order valence-electron chi connectivity index (χ3n) is 4.80. The van der Waals surface area contributed by atoms with Crippen LogP contribution in [0, 0.1) is 5.92 Å². The molecule has 1 aromatic heterocycles. The highest BCUT2D eigenvalue weighted by molar-refractivity contribution is 14.0. The number of rotatable bonds is 7. The molecule has 1 fully saturated rings. The van der Waals surface area contributed by atoms with E-state index in [9.17, 15) is 0 Å². The smallest absolute Gasteiger partial charge is 0.188 e. The number of hydrogen-bond donors (Lipinski definition) is 2. The van der Waals surface area contributed by atoms with Crippen LogP contribution in [0.4, 0.5) is 0 Å². The molecule has 1 aliphatic rings. The maximum atomic E-state index is 6.07. The molecule has 1 saturated heterocycles. The Morgan fingerprint density at radius 3 is 2.92 bits per heavy atom. The number of aliphatic imine (C=N–C) groups is 1. The molecule has 136 valence electrons. The summed E-state index contributed by atoms with van der Waals surface area (Å²) in [6.45, 7) is 10.6. The van der Waals surface area contributed by atoms with Crippen LogP contribution in [-0.4, -0.2) is 48.1 Å². The lowest BCUT2D eigenvalue weighted by Gasteiger charge is -2.23. The van der Waals surface area contributed by atoms with Gasteiger partial charge >= 0.3 is 0 Å². The molecule has 2 rings (SSSR count). The molecule has 0 spiro atoms. The molecule has 5 nitrogen and oxygen atoms in total. The first-order chi connectivity index (χ1) is 11.1. The normalized spacial score (nSPS) is 20.0. The van der Waals surface area contributed by atoms with Crippen molar-refractivity contribution in [2.45, 2.75) is 45.6 Å². The zero-order valence-corrected chi connectivity index (χ0v) is 17.4. The van der Waals surface area contributed by atoms with Crippen molar-refractivity contribution in [2.75, 3.05) is 26.2 Å². The van der Waals surface area contributed by atoms with Crippen LogP contribution in [0.3, 0.4) is 0 Å². The fraction of sp³-hybridized carbons (Fsp3) is 0.667. The molecule has 2 atom stereocenters. The Kier molecular flexibility index (Phi) is 9.58. The maximum Gasteiger partial charge on any atom is 0.188 e. The predicted molar refractivity (Wildman–Crippen MR) is 112 cm³/mol. The van der Waals surface area contributed by atoms with Gasteiger partial charge in [0.15, 0.2) is 5.96 Å². The van der Waals surface area contributed by atoms with Crippen molar-refractivity contribution < 1.29 is 0 Å². The number of halogens is 1. The number of likely N-dealkylation sites (tertiary alicyclic amines) is 1. The van der Waals surface area contributed by atoms with E-state index in [1.165, 1.54) is 24.9 Å². The minimum atomic E-state index is 0. The average Bonchev–Trinajstić information content (AvgIpc) is 3.01. The molecular formula is C18H32IN5. The van der Waals surface area contributed by atoms with Gasteiger partial charge in [0.25, 0.3) is 0 Å². The molecule has 2 heterocycles. The summed E-state index contributed by atoms with van der Waals surface area (Å²) in [6.07, 6.45) is 6.27. The molecule has 1 aromatic rings.